The van der Waals surface area contributed by atoms with Crippen molar-refractivity contribution < 1.29 is 17.6 Å². The number of aromatic nitrogens is 2. The minimum Gasteiger partial charge on any atom is -0.434 e. The molecule has 3 aliphatic rings. The lowest BCUT2D eigenvalue weighted by molar-refractivity contribution is -0.0811. The van der Waals surface area contributed by atoms with Gasteiger partial charge in [-0.2, -0.15) is 0 Å². The SMILES string of the molecule is CS(=O)(=O)Cc1ncc(C(=O)NC23CC(c4nc5ccc(Cl)cc5s4)(C2)C3)o1. The number of nitrogens with zero attached hydrogens (tertiary/aromatic N) is 2. The van der Waals surface area contributed by atoms with E-state index in [0.717, 1.165) is 40.7 Å². The van der Waals surface area contributed by atoms with Crippen molar-refractivity contribution in [2.45, 2.75) is 36.0 Å². The zero-order valence-electron chi connectivity index (χ0n) is 14.9. The maximum atomic E-state index is 12.5. The monoisotopic (exact) mass is 437 g/mol. The van der Waals surface area contributed by atoms with Crippen molar-refractivity contribution in [2.75, 3.05) is 6.26 Å². The third-order valence-corrected chi connectivity index (χ3v) is 7.65. The van der Waals surface area contributed by atoms with Gasteiger partial charge in [0.2, 0.25) is 11.7 Å². The van der Waals surface area contributed by atoms with Crippen LogP contribution in [0.1, 0.15) is 40.7 Å². The van der Waals surface area contributed by atoms with Crippen molar-refractivity contribution >= 4 is 48.9 Å². The molecule has 7 nitrogen and oxygen atoms in total. The van der Waals surface area contributed by atoms with E-state index >= 15 is 0 Å². The number of oxazole rings is 1. The van der Waals surface area contributed by atoms with E-state index in [0.29, 0.717) is 5.02 Å². The van der Waals surface area contributed by atoms with Crippen LogP contribution in [0.5, 0.6) is 0 Å². The number of carbonyl (C=O) groups excluding carboxylic acids is 1. The summed E-state index contributed by atoms with van der Waals surface area (Å²) in [5, 5.41) is 4.82. The Hall–Kier alpha value is -1.97. The molecule has 28 heavy (non-hydrogen) atoms. The fraction of sp³-hybridized carbons (Fsp3) is 0.389. The van der Waals surface area contributed by atoms with Crippen LogP contribution >= 0.6 is 22.9 Å². The lowest BCUT2D eigenvalue weighted by atomic mass is 9.39. The van der Waals surface area contributed by atoms with Crippen molar-refractivity contribution in [1.29, 1.82) is 0 Å². The molecule has 3 aliphatic carbocycles. The molecule has 3 aromatic rings. The number of hydrogen-bond acceptors (Lipinski definition) is 7. The van der Waals surface area contributed by atoms with E-state index in [1.54, 1.807) is 11.3 Å². The first-order valence-corrected chi connectivity index (χ1v) is 11.9. The van der Waals surface area contributed by atoms with Gasteiger partial charge >= 0.3 is 0 Å². The van der Waals surface area contributed by atoms with Crippen LogP contribution in [0, 0.1) is 0 Å². The standard InChI is InChI=1S/C18H16ClN3O4S2/c1-28(24,25)6-14-20-5-12(26-14)15(23)22-18-7-17(8-18,9-18)16-21-11-3-2-10(19)4-13(11)27-16/h2-5H,6-9H2,1H3,(H,22,23). The van der Waals surface area contributed by atoms with Crippen molar-refractivity contribution in [3.8, 4) is 0 Å². The Morgan fingerprint density at radius 2 is 2.11 bits per heavy atom. The molecule has 3 fully saturated rings. The molecular formula is C18H16ClN3O4S2. The molecule has 0 radical (unpaired) electrons. The molecule has 3 saturated carbocycles. The van der Waals surface area contributed by atoms with Gasteiger partial charge in [0.05, 0.1) is 16.4 Å². The molecule has 2 bridgehead atoms. The van der Waals surface area contributed by atoms with E-state index in [2.05, 4.69) is 10.3 Å². The van der Waals surface area contributed by atoms with Gasteiger partial charge in [0.25, 0.3) is 5.91 Å². The summed E-state index contributed by atoms with van der Waals surface area (Å²) in [4.78, 5) is 21.1. The topological polar surface area (TPSA) is 102 Å². The number of carbonyl (C=O) groups is 1. The van der Waals surface area contributed by atoms with E-state index in [4.69, 9.17) is 21.0 Å². The zero-order valence-corrected chi connectivity index (χ0v) is 17.2. The van der Waals surface area contributed by atoms with Crippen LogP contribution in [0.25, 0.3) is 10.2 Å². The van der Waals surface area contributed by atoms with Gasteiger partial charge in [0.1, 0.15) is 10.8 Å². The van der Waals surface area contributed by atoms with Gasteiger partial charge in [-0.25, -0.2) is 18.4 Å². The molecule has 146 valence electrons. The quantitative estimate of drug-likeness (QED) is 0.658. The molecule has 1 N–H and O–H groups in total. The van der Waals surface area contributed by atoms with Gasteiger partial charge in [-0.15, -0.1) is 11.3 Å². The second kappa shape index (κ2) is 5.77. The van der Waals surface area contributed by atoms with Crippen LogP contribution in [0.4, 0.5) is 0 Å². The van der Waals surface area contributed by atoms with E-state index in [1.165, 1.54) is 6.20 Å². The normalized spacial score (nSPS) is 25.9. The number of halogens is 1. The summed E-state index contributed by atoms with van der Waals surface area (Å²) >= 11 is 7.72. The summed E-state index contributed by atoms with van der Waals surface area (Å²) < 4.78 is 29.0. The Bertz CT molecular complexity index is 1210. The molecule has 2 heterocycles. The zero-order chi connectivity index (χ0) is 19.7. The summed E-state index contributed by atoms with van der Waals surface area (Å²) in [5.41, 5.74) is 0.746. The van der Waals surface area contributed by atoms with Gasteiger partial charge in [-0.3, -0.25) is 4.79 Å². The third kappa shape index (κ3) is 2.92. The molecule has 0 atom stereocenters. The number of sulfone groups is 1. The van der Waals surface area contributed by atoms with Gasteiger partial charge < -0.3 is 9.73 Å². The molecule has 0 aliphatic heterocycles. The van der Waals surface area contributed by atoms with Crippen LogP contribution in [-0.4, -0.2) is 36.1 Å². The Labute approximate surface area is 170 Å². The highest BCUT2D eigenvalue weighted by Crippen LogP contribution is 2.68. The molecule has 0 spiro atoms. The number of fused-ring (bicyclic) bond motifs is 1. The van der Waals surface area contributed by atoms with Crippen LogP contribution in [0.2, 0.25) is 5.02 Å². The second-order valence-electron chi connectivity index (χ2n) is 7.86. The Balaban J connectivity index is 1.26. The number of rotatable bonds is 5. The highest BCUT2D eigenvalue weighted by atomic mass is 35.5. The molecular weight excluding hydrogens is 422 g/mol. The first-order chi connectivity index (χ1) is 13.2. The fourth-order valence-electron chi connectivity index (χ4n) is 4.28. The Morgan fingerprint density at radius 1 is 1.36 bits per heavy atom. The Morgan fingerprint density at radius 3 is 2.82 bits per heavy atom. The lowest BCUT2D eigenvalue weighted by Gasteiger charge is -2.69. The Kier molecular flexibility index (Phi) is 3.73. The van der Waals surface area contributed by atoms with Gasteiger partial charge in [-0.1, -0.05) is 11.6 Å². The summed E-state index contributed by atoms with van der Waals surface area (Å²) in [6.45, 7) is 0. The van der Waals surface area contributed by atoms with E-state index in [-0.39, 0.29) is 34.3 Å². The van der Waals surface area contributed by atoms with Crippen LogP contribution in [0.15, 0.2) is 28.8 Å². The second-order valence-corrected chi connectivity index (χ2v) is 11.5. The summed E-state index contributed by atoms with van der Waals surface area (Å²) in [6, 6.07) is 5.70. The molecule has 0 saturated heterocycles. The maximum absolute atomic E-state index is 12.5. The molecule has 1 aromatic carbocycles. The van der Waals surface area contributed by atoms with E-state index in [1.807, 2.05) is 18.2 Å². The first-order valence-electron chi connectivity index (χ1n) is 8.67. The number of amides is 1. The van der Waals surface area contributed by atoms with Gasteiger partial charge in [-0.05, 0) is 37.5 Å². The highest BCUT2D eigenvalue weighted by molar-refractivity contribution is 7.89. The number of hydrogen-bond donors (Lipinski definition) is 1. The molecule has 2 aromatic heterocycles. The van der Waals surface area contributed by atoms with Crippen molar-refractivity contribution in [2.24, 2.45) is 0 Å². The minimum absolute atomic E-state index is 0.0230. The smallest absolute Gasteiger partial charge is 0.289 e. The fourth-order valence-corrected chi connectivity index (χ4v) is 6.29. The molecule has 1 amide bonds. The summed E-state index contributed by atoms with van der Waals surface area (Å²) in [5.74, 6) is -0.630. The lowest BCUT2D eigenvalue weighted by Crippen LogP contribution is -2.76. The first kappa shape index (κ1) is 18.1. The predicted molar refractivity (Wildman–Crippen MR) is 105 cm³/mol. The average molecular weight is 438 g/mol. The average Bonchev–Trinajstić information content (AvgIpc) is 3.13. The van der Waals surface area contributed by atoms with Crippen LogP contribution < -0.4 is 5.32 Å². The van der Waals surface area contributed by atoms with Gasteiger partial charge in [0, 0.05) is 22.2 Å². The van der Waals surface area contributed by atoms with Crippen molar-refractivity contribution in [3.63, 3.8) is 0 Å². The van der Waals surface area contributed by atoms with Crippen LogP contribution in [-0.2, 0) is 21.0 Å². The van der Waals surface area contributed by atoms with E-state index < -0.39 is 9.84 Å². The molecule has 0 unspecified atom stereocenters. The molecule has 6 rings (SSSR count). The summed E-state index contributed by atoms with van der Waals surface area (Å²) in [6.07, 6.45) is 4.87. The van der Waals surface area contributed by atoms with E-state index in [9.17, 15) is 13.2 Å². The molecule has 10 heteroatoms. The minimum atomic E-state index is -3.27. The number of thiazole rings is 1. The van der Waals surface area contributed by atoms with Crippen LogP contribution in [0.3, 0.4) is 0 Å². The number of nitrogens with one attached hydrogen (secondary N) is 1. The third-order valence-electron chi connectivity index (χ3n) is 5.38. The van der Waals surface area contributed by atoms with Crippen molar-refractivity contribution in [3.05, 3.63) is 46.1 Å². The number of benzene rings is 1. The van der Waals surface area contributed by atoms with Crippen molar-refractivity contribution in [1.82, 2.24) is 15.3 Å². The highest BCUT2D eigenvalue weighted by Gasteiger charge is 2.70. The maximum Gasteiger partial charge on any atom is 0.289 e. The summed E-state index contributed by atoms with van der Waals surface area (Å²) in [7, 11) is -3.27. The predicted octanol–water partition coefficient (Wildman–Crippen LogP) is 3.09. The largest absolute Gasteiger partial charge is 0.434 e. The van der Waals surface area contributed by atoms with Gasteiger partial charge in [0.15, 0.2) is 9.84 Å².